The fourth-order valence-corrected chi connectivity index (χ4v) is 2.73. The van der Waals surface area contributed by atoms with Gasteiger partial charge in [-0.2, -0.15) is 0 Å². The second-order valence-corrected chi connectivity index (χ2v) is 5.66. The van der Waals surface area contributed by atoms with Crippen molar-refractivity contribution >= 4 is 0 Å². The summed E-state index contributed by atoms with van der Waals surface area (Å²) in [5.41, 5.74) is 11.6. The van der Waals surface area contributed by atoms with Gasteiger partial charge in [0.2, 0.25) is 0 Å². The molecular formula is C16H28N2O. The fraction of sp³-hybridized carbons (Fsp3) is 0.625. The van der Waals surface area contributed by atoms with E-state index >= 15 is 0 Å². The molecule has 0 amide bonds. The van der Waals surface area contributed by atoms with Gasteiger partial charge in [-0.3, -0.25) is 4.90 Å². The monoisotopic (exact) mass is 264 g/mol. The summed E-state index contributed by atoms with van der Waals surface area (Å²) in [7, 11) is 3.83. The zero-order chi connectivity index (χ0) is 14.6. The number of ether oxygens (including phenoxy) is 1. The summed E-state index contributed by atoms with van der Waals surface area (Å²) in [5.74, 6) is 0. The van der Waals surface area contributed by atoms with E-state index in [4.69, 9.17) is 10.5 Å². The molecule has 1 rings (SSSR count). The summed E-state index contributed by atoms with van der Waals surface area (Å²) in [5, 5.41) is 0. The van der Waals surface area contributed by atoms with Gasteiger partial charge < -0.3 is 10.5 Å². The van der Waals surface area contributed by atoms with Crippen LogP contribution in [0.25, 0.3) is 0 Å². The Morgan fingerprint density at radius 2 is 1.74 bits per heavy atom. The predicted molar refractivity (Wildman–Crippen MR) is 81.5 cm³/mol. The van der Waals surface area contributed by atoms with Crippen LogP contribution >= 0.6 is 0 Å². The number of methoxy groups -OCH3 is 1. The van der Waals surface area contributed by atoms with Gasteiger partial charge in [0, 0.05) is 25.7 Å². The van der Waals surface area contributed by atoms with Gasteiger partial charge in [0.1, 0.15) is 0 Å². The third-order valence-electron chi connectivity index (χ3n) is 3.75. The maximum Gasteiger partial charge on any atom is 0.0615 e. The maximum absolute atomic E-state index is 6.40. The van der Waals surface area contributed by atoms with E-state index in [1.165, 1.54) is 22.3 Å². The average molecular weight is 264 g/mol. The lowest BCUT2D eigenvalue weighted by Crippen LogP contribution is -2.38. The highest BCUT2D eigenvalue weighted by Gasteiger charge is 2.17. The molecule has 2 N–H and O–H groups in total. The van der Waals surface area contributed by atoms with Crippen molar-refractivity contribution in [3.05, 3.63) is 34.4 Å². The molecule has 0 aliphatic carbocycles. The molecule has 1 aromatic carbocycles. The molecule has 0 aliphatic heterocycles. The zero-order valence-corrected chi connectivity index (χ0v) is 13.2. The normalized spacial score (nSPS) is 14.7. The molecule has 2 unspecified atom stereocenters. The molecule has 3 nitrogen and oxygen atoms in total. The highest BCUT2D eigenvalue weighted by molar-refractivity contribution is 5.39. The summed E-state index contributed by atoms with van der Waals surface area (Å²) >= 11 is 0. The molecule has 1 aromatic rings. The Morgan fingerprint density at radius 1 is 1.21 bits per heavy atom. The minimum atomic E-state index is 0.0462. The van der Waals surface area contributed by atoms with Crippen molar-refractivity contribution in [1.82, 2.24) is 4.90 Å². The fourth-order valence-electron chi connectivity index (χ4n) is 2.73. The third kappa shape index (κ3) is 4.30. The summed E-state index contributed by atoms with van der Waals surface area (Å²) in [6.45, 7) is 10.2. The number of hydrogen-bond acceptors (Lipinski definition) is 3. The van der Waals surface area contributed by atoms with E-state index in [9.17, 15) is 0 Å². The van der Waals surface area contributed by atoms with Gasteiger partial charge >= 0.3 is 0 Å². The highest BCUT2D eigenvalue weighted by Crippen LogP contribution is 2.23. The van der Waals surface area contributed by atoms with Crippen molar-refractivity contribution in [3.8, 4) is 0 Å². The molecule has 0 aliphatic rings. The van der Waals surface area contributed by atoms with Gasteiger partial charge in [-0.05, 0) is 51.4 Å². The lowest BCUT2D eigenvalue weighted by Gasteiger charge is -2.28. The van der Waals surface area contributed by atoms with E-state index in [1.807, 2.05) is 0 Å². The number of aryl methyl sites for hydroxylation is 3. The Balaban J connectivity index is 2.81. The molecule has 108 valence electrons. The average Bonchev–Trinajstić information content (AvgIpc) is 2.27. The zero-order valence-electron chi connectivity index (χ0n) is 13.2. The van der Waals surface area contributed by atoms with Gasteiger partial charge in [0.25, 0.3) is 0 Å². The first-order valence-electron chi connectivity index (χ1n) is 6.89. The first kappa shape index (κ1) is 16.2. The van der Waals surface area contributed by atoms with E-state index in [0.717, 1.165) is 13.2 Å². The molecule has 0 radical (unpaired) electrons. The highest BCUT2D eigenvalue weighted by atomic mass is 16.5. The third-order valence-corrected chi connectivity index (χ3v) is 3.75. The van der Waals surface area contributed by atoms with Crippen molar-refractivity contribution in [3.63, 3.8) is 0 Å². The summed E-state index contributed by atoms with van der Waals surface area (Å²) in [6, 6.07) is 4.84. The molecule has 0 saturated heterocycles. The van der Waals surface area contributed by atoms with Crippen LogP contribution in [0.4, 0.5) is 0 Å². The number of hydrogen-bond donors (Lipinski definition) is 1. The van der Waals surface area contributed by atoms with Crippen molar-refractivity contribution in [2.75, 3.05) is 27.3 Å². The van der Waals surface area contributed by atoms with Crippen molar-refractivity contribution in [2.45, 2.75) is 39.8 Å². The number of rotatable bonds is 6. The second kappa shape index (κ2) is 7.04. The summed E-state index contributed by atoms with van der Waals surface area (Å²) < 4.78 is 5.19. The van der Waals surface area contributed by atoms with Crippen LogP contribution in [-0.4, -0.2) is 38.3 Å². The second-order valence-electron chi connectivity index (χ2n) is 5.66. The van der Waals surface area contributed by atoms with Crippen LogP contribution in [0.5, 0.6) is 0 Å². The van der Waals surface area contributed by atoms with E-state index in [2.05, 4.69) is 51.8 Å². The first-order chi connectivity index (χ1) is 8.86. The summed E-state index contributed by atoms with van der Waals surface area (Å²) in [6.07, 6.45) is 0. The molecule has 0 saturated carbocycles. The van der Waals surface area contributed by atoms with Crippen LogP contribution in [0.1, 0.15) is 35.2 Å². The number of nitrogens with two attached hydrogens (primary N) is 1. The molecule has 3 heteroatoms. The Labute approximate surface area is 117 Å². The minimum absolute atomic E-state index is 0.0462. The largest absolute Gasteiger partial charge is 0.383 e. The van der Waals surface area contributed by atoms with Crippen molar-refractivity contribution in [2.24, 2.45) is 5.73 Å². The van der Waals surface area contributed by atoms with Crippen molar-refractivity contribution in [1.29, 1.82) is 0 Å². The molecule has 0 fully saturated rings. The van der Waals surface area contributed by atoms with Crippen LogP contribution in [-0.2, 0) is 4.74 Å². The molecule has 2 atom stereocenters. The first-order valence-corrected chi connectivity index (χ1v) is 6.89. The summed E-state index contributed by atoms with van der Waals surface area (Å²) in [4.78, 5) is 2.26. The Kier molecular flexibility index (Phi) is 5.98. The number of benzene rings is 1. The topological polar surface area (TPSA) is 38.5 Å². The smallest absolute Gasteiger partial charge is 0.0615 e. The predicted octanol–water partition coefficient (Wildman–Crippen LogP) is 2.58. The van der Waals surface area contributed by atoms with Gasteiger partial charge in [-0.1, -0.05) is 17.7 Å². The van der Waals surface area contributed by atoms with E-state index in [1.54, 1.807) is 7.11 Å². The Bertz CT molecular complexity index is 394. The van der Waals surface area contributed by atoms with Crippen LogP contribution in [0.2, 0.25) is 0 Å². The lowest BCUT2D eigenvalue weighted by molar-refractivity contribution is 0.112. The SMILES string of the molecule is COCC(C)N(C)CC(N)c1c(C)cc(C)cc1C. The molecule has 0 spiro atoms. The van der Waals surface area contributed by atoms with Gasteiger partial charge in [0.15, 0.2) is 0 Å². The number of nitrogens with zero attached hydrogens (tertiary/aromatic N) is 1. The Morgan fingerprint density at radius 3 is 2.21 bits per heavy atom. The molecule has 0 bridgehead atoms. The maximum atomic E-state index is 6.40. The standard InChI is InChI=1S/C16H28N2O/c1-11-7-12(2)16(13(3)8-11)15(17)9-18(5)14(4)10-19-6/h7-8,14-15H,9-10,17H2,1-6H3. The van der Waals surface area contributed by atoms with E-state index < -0.39 is 0 Å². The molecule has 0 aromatic heterocycles. The molecule has 19 heavy (non-hydrogen) atoms. The van der Waals surface area contributed by atoms with Crippen LogP contribution in [0, 0.1) is 20.8 Å². The van der Waals surface area contributed by atoms with Crippen LogP contribution < -0.4 is 5.73 Å². The quantitative estimate of drug-likeness (QED) is 0.858. The van der Waals surface area contributed by atoms with Crippen LogP contribution in [0.15, 0.2) is 12.1 Å². The van der Waals surface area contributed by atoms with E-state index in [-0.39, 0.29) is 6.04 Å². The van der Waals surface area contributed by atoms with Crippen LogP contribution in [0.3, 0.4) is 0 Å². The Hall–Kier alpha value is -0.900. The van der Waals surface area contributed by atoms with E-state index in [0.29, 0.717) is 6.04 Å². The van der Waals surface area contributed by atoms with Gasteiger partial charge in [-0.25, -0.2) is 0 Å². The molecular weight excluding hydrogens is 236 g/mol. The van der Waals surface area contributed by atoms with Gasteiger partial charge in [0.05, 0.1) is 6.61 Å². The van der Waals surface area contributed by atoms with Gasteiger partial charge in [-0.15, -0.1) is 0 Å². The lowest BCUT2D eigenvalue weighted by atomic mass is 9.94. The van der Waals surface area contributed by atoms with Crippen molar-refractivity contribution < 1.29 is 4.74 Å². The molecule has 0 heterocycles. The number of likely N-dealkylation sites (N-methyl/N-ethyl adjacent to an activating group) is 1. The minimum Gasteiger partial charge on any atom is -0.383 e.